The second-order valence-electron chi connectivity index (χ2n) is 7.25. The number of hydrogen-bond acceptors (Lipinski definition) is 3. The van der Waals surface area contributed by atoms with E-state index in [1.807, 2.05) is 6.92 Å². The molecule has 0 aliphatic heterocycles. The fraction of sp³-hybridized carbons (Fsp3) is 0.174. The largest absolute Gasteiger partial charge is 0.416 e. The second kappa shape index (κ2) is 8.81. The molecule has 2 heterocycles. The first-order valence-electron chi connectivity index (χ1n) is 10.1. The minimum atomic E-state index is -4.64. The lowest BCUT2D eigenvalue weighted by molar-refractivity contribution is -0.138. The Morgan fingerprint density at radius 3 is 1.94 bits per heavy atom. The number of halogens is 6. The molecule has 0 fully saturated rings. The van der Waals surface area contributed by atoms with E-state index in [1.54, 1.807) is 28.8 Å². The van der Waals surface area contributed by atoms with Crippen LogP contribution < -0.4 is 5.62 Å². The SMILES string of the molecule is CCn1nc2ccccn2/c1=N\N=C(c1cccc(C(F)(F)F)c1)c1cccc(C(F)(F)F)c1. The number of nitrogens with zero attached hydrogens (tertiary/aromatic N) is 5. The third-order valence-corrected chi connectivity index (χ3v) is 4.97. The van der Waals surface area contributed by atoms with Crippen LogP contribution in [0.25, 0.3) is 5.65 Å². The van der Waals surface area contributed by atoms with Gasteiger partial charge in [0, 0.05) is 23.9 Å². The fourth-order valence-corrected chi connectivity index (χ4v) is 3.35. The number of fused-ring (bicyclic) bond motifs is 1. The second-order valence-corrected chi connectivity index (χ2v) is 7.25. The molecule has 5 nitrogen and oxygen atoms in total. The van der Waals surface area contributed by atoms with E-state index < -0.39 is 23.5 Å². The minimum Gasteiger partial charge on any atom is -0.267 e. The van der Waals surface area contributed by atoms with Gasteiger partial charge in [0.25, 0.3) is 5.62 Å². The highest BCUT2D eigenvalue weighted by Gasteiger charge is 2.32. The summed E-state index contributed by atoms with van der Waals surface area (Å²) in [6.07, 6.45) is -7.60. The van der Waals surface area contributed by atoms with Crippen LogP contribution in [0, 0.1) is 0 Å². The zero-order valence-electron chi connectivity index (χ0n) is 17.6. The van der Waals surface area contributed by atoms with E-state index in [0.29, 0.717) is 12.2 Å². The summed E-state index contributed by atoms with van der Waals surface area (Å²) < 4.78 is 83.0. The summed E-state index contributed by atoms with van der Waals surface area (Å²) in [5, 5.41) is 12.7. The normalized spacial score (nSPS) is 12.9. The molecular weight excluding hydrogens is 460 g/mol. The zero-order chi connectivity index (χ0) is 24.5. The zero-order valence-corrected chi connectivity index (χ0v) is 17.6. The molecule has 0 radical (unpaired) electrons. The molecule has 2 aromatic heterocycles. The lowest BCUT2D eigenvalue weighted by Crippen LogP contribution is -2.22. The number of hydrogen-bond donors (Lipinski definition) is 0. The van der Waals surface area contributed by atoms with Crippen LogP contribution in [0.3, 0.4) is 0 Å². The summed E-state index contributed by atoms with van der Waals surface area (Å²) in [4.78, 5) is 0. The van der Waals surface area contributed by atoms with Gasteiger partial charge in [-0.15, -0.1) is 10.2 Å². The van der Waals surface area contributed by atoms with Gasteiger partial charge >= 0.3 is 12.4 Å². The quantitative estimate of drug-likeness (QED) is 0.216. The molecule has 2 aromatic carbocycles. The third-order valence-electron chi connectivity index (χ3n) is 4.97. The molecule has 0 N–H and O–H groups in total. The number of aromatic nitrogens is 3. The summed E-state index contributed by atoms with van der Waals surface area (Å²) in [6, 6.07) is 13.7. The summed E-state index contributed by atoms with van der Waals surface area (Å²) in [5.74, 6) is 0. The number of aryl methyl sites for hydroxylation is 1. The Hall–Kier alpha value is -3.89. The standard InChI is InChI=1S/C23H17F6N5/c1-2-34-21(33-12-4-3-11-19(33)32-34)31-30-20(15-7-5-9-17(13-15)22(24,25)26)16-8-6-10-18(14-16)23(27,28)29/h3-14H,2H2,1H3/b31-21+. The predicted molar refractivity (Wildman–Crippen MR) is 113 cm³/mol. The maximum atomic E-state index is 13.3. The molecule has 0 unspecified atom stereocenters. The van der Waals surface area contributed by atoms with E-state index in [-0.39, 0.29) is 22.5 Å². The number of rotatable bonds is 4. The first-order chi connectivity index (χ1) is 16.1. The van der Waals surface area contributed by atoms with Crippen LogP contribution in [-0.2, 0) is 18.9 Å². The average molecular weight is 477 g/mol. The van der Waals surface area contributed by atoms with Crippen LogP contribution in [0.2, 0.25) is 0 Å². The van der Waals surface area contributed by atoms with Crippen molar-refractivity contribution in [2.45, 2.75) is 25.8 Å². The van der Waals surface area contributed by atoms with Gasteiger partial charge in [-0.1, -0.05) is 30.3 Å². The van der Waals surface area contributed by atoms with Gasteiger partial charge in [-0.25, -0.2) is 4.68 Å². The van der Waals surface area contributed by atoms with Gasteiger partial charge in [-0.05, 0) is 43.3 Å². The van der Waals surface area contributed by atoms with Gasteiger partial charge < -0.3 is 0 Å². The minimum absolute atomic E-state index is 0.0326. The molecule has 0 amide bonds. The molecule has 0 bridgehead atoms. The lowest BCUT2D eigenvalue weighted by Gasteiger charge is -2.12. The van der Waals surface area contributed by atoms with Gasteiger partial charge in [0.05, 0.1) is 11.1 Å². The smallest absolute Gasteiger partial charge is 0.267 e. The van der Waals surface area contributed by atoms with E-state index in [9.17, 15) is 26.3 Å². The molecule has 4 aromatic rings. The van der Waals surface area contributed by atoms with Crippen molar-refractivity contribution in [3.63, 3.8) is 0 Å². The van der Waals surface area contributed by atoms with Crippen molar-refractivity contribution in [2.24, 2.45) is 10.2 Å². The molecule has 0 saturated heterocycles. The maximum Gasteiger partial charge on any atom is 0.416 e. The van der Waals surface area contributed by atoms with Crippen molar-refractivity contribution >= 4 is 11.4 Å². The summed E-state index contributed by atoms with van der Waals surface area (Å²) in [6.45, 7) is 2.23. The molecule has 0 atom stereocenters. The third kappa shape index (κ3) is 4.73. The predicted octanol–water partition coefficient (Wildman–Crippen LogP) is 5.55. The highest BCUT2D eigenvalue weighted by molar-refractivity contribution is 6.13. The van der Waals surface area contributed by atoms with E-state index in [0.717, 1.165) is 24.3 Å². The molecule has 0 aliphatic carbocycles. The van der Waals surface area contributed by atoms with Gasteiger partial charge in [-0.2, -0.15) is 31.4 Å². The van der Waals surface area contributed by atoms with Crippen molar-refractivity contribution in [1.29, 1.82) is 0 Å². The molecule has 176 valence electrons. The van der Waals surface area contributed by atoms with Gasteiger partial charge in [0.2, 0.25) is 0 Å². The van der Waals surface area contributed by atoms with E-state index in [4.69, 9.17) is 0 Å². The molecular formula is C23H17F6N5. The van der Waals surface area contributed by atoms with E-state index >= 15 is 0 Å². The Morgan fingerprint density at radius 2 is 1.41 bits per heavy atom. The van der Waals surface area contributed by atoms with Crippen LogP contribution in [0.15, 0.2) is 83.1 Å². The maximum absolute atomic E-state index is 13.3. The molecule has 4 rings (SSSR count). The number of pyridine rings is 1. The van der Waals surface area contributed by atoms with Crippen molar-refractivity contribution in [1.82, 2.24) is 14.2 Å². The Bertz CT molecular complexity index is 1370. The van der Waals surface area contributed by atoms with Gasteiger partial charge in [0.1, 0.15) is 5.71 Å². The summed E-state index contributed by atoms with van der Waals surface area (Å²) in [7, 11) is 0. The van der Waals surface area contributed by atoms with Crippen molar-refractivity contribution in [3.8, 4) is 0 Å². The molecule has 11 heteroatoms. The first-order valence-corrected chi connectivity index (χ1v) is 10.1. The van der Waals surface area contributed by atoms with Gasteiger partial charge in [-0.3, -0.25) is 4.40 Å². The first kappa shape index (κ1) is 23.3. The fourth-order valence-electron chi connectivity index (χ4n) is 3.35. The van der Waals surface area contributed by atoms with Gasteiger partial charge in [0.15, 0.2) is 5.65 Å². The Labute approximate surface area is 189 Å². The monoisotopic (exact) mass is 477 g/mol. The van der Waals surface area contributed by atoms with Crippen LogP contribution >= 0.6 is 0 Å². The van der Waals surface area contributed by atoms with Crippen LogP contribution in [0.4, 0.5) is 26.3 Å². The highest BCUT2D eigenvalue weighted by Crippen LogP contribution is 2.32. The van der Waals surface area contributed by atoms with Crippen molar-refractivity contribution in [2.75, 3.05) is 0 Å². The molecule has 34 heavy (non-hydrogen) atoms. The van der Waals surface area contributed by atoms with Crippen molar-refractivity contribution in [3.05, 3.63) is 101 Å². The Kier molecular flexibility index (Phi) is 6.03. The number of benzene rings is 2. The molecule has 0 aliphatic rings. The molecule has 0 spiro atoms. The van der Waals surface area contributed by atoms with Crippen molar-refractivity contribution < 1.29 is 26.3 Å². The summed E-state index contributed by atoms with van der Waals surface area (Å²) in [5.41, 5.74) is -1.31. The average Bonchev–Trinajstić information content (AvgIpc) is 3.16. The Balaban J connectivity index is 1.97. The highest BCUT2D eigenvalue weighted by atomic mass is 19.4. The van der Waals surface area contributed by atoms with Crippen LogP contribution in [0.5, 0.6) is 0 Å². The number of alkyl halides is 6. The van der Waals surface area contributed by atoms with E-state index in [1.165, 1.54) is 28.9 Å². The van der Waals surface area contributed by atoms with Crippen LogP contribution in [-0.4, -0.2) is 19.9 Å². The Morgan fingerprint density at radius 1 is 0.824 bits per heavy atom. The van der Waals surface area contributed by atoms with E-state index in [2.05, 4.69) is 15.3 Å². The molecule has 0 saturated carbocycles. The lowest BCUT2D eigenvalue weighted by atomic mass is 9.98. The topological polar surface area (TPSA) is 47.0 Å². The summed E-state index contributed by atoms with van der Waals surface area (Å²) >= 11 is 0. The van der Waals surface area contributed by atoms with Crippen LogP contribution in [0.1, 0.15) is 29.2 Å².